The van der Waals surface area contributed by atoms with Crippen molar-refractivity contribution in [3.05, 3.63) is 35.1 Å². The van der Waals surface area contributed by atoms with E-state index in [1.54, 1.807) is 13.8 Å². The molecule has 0 saturated carbocycles. The molecule has 0 bridgehead atoms. The number of alkyl halides is 3. The van der Waals surface area contributed by atoms with E-state index in [2.05, 4.69) is 0 Å². The normalized spacial score (nSPS) is 15.8. The van der Waals surface area contributed by atoms with Gasteiger partial charge >= 0.3 is 6.18 Å². The molecule has 0 spiro atoms. The molecule has 0 aromatic heterocycles. The van der Waals surface area contributed by atoms with E-state index >= 15 is 0 Å². The molecule has 0 unspecified atom stereocenters. The van der Waals surface area contributed by atoms with E-state index in [0.717, 1.165) is 12.1 Å². The summed E-state index contributed by atoms with van der Waals surface area (Å²) in [5, 5.41) is 9.71. The monoisotopic (exact) mass is 265 g/mol. The molecule has 0 aliphatic carbocycles. The molecule has 6 heteroatoms. The average Bonchev–Trinajstić information content (AvgIpc) is 2.25. The molecule has 2 nitrogen and oxygen atoms in total. The van der Waals surface area contributed by atoms with E-state index in [0.29, 0.717) is 6.07 Å². The summed E-state index contributed by atoms with van der Waals surface area (Å²) in [4.78, 5) is 0. The van der Waals surface area contributed by atoms with E-state index in [4.69, 9.17) is 5.73 Å². The van der Waals surface area contributed by atoms with Crippen LogP contribution in [0.5, 0.6) is 0 Å². The molecule has 0 fully saturated rings. The van der Waals surface area contributed by atoms with Crippen LogP contribution in [0.4, 0.5) is 17.6 Å². The Hall–Kier alpha value is -1.14. The minimum Gasteiger partial charge on any atom is -0.391 e. The van der Waals surface area contributed by atoms with Crippen molar-refractivity contribution in [2.45, 2.75) is 32.2 Å². The number of rotatable bonds is 3. The van der Waals surface area contributed by atoms with Crippen LogP contribution in [-0.4, -0.2) is 11.2 Å². The lowest BCUT2D eigenvalue weighted by Gasteiger charge is -2.25. The van der Waals surface area contributed by atoms with Gasteiger partial charge in [0.1, 0.15) is 5.82 Å². The number of aliphatic hydroxyl groups is 1. The molecule has 0 heterocycles. The van der Waals surface area contributed by atoms with Gasteiger partial charge < -0.3 is 10.8 Å². The maximum Gasteiger partial charge on any atom is 0.416 e. The average molecular weight is 265 g/mol. The summed E-state index contributed by atoms with van der Waals surface area (Å²) in [6, 6.07) is 0.801. The number of aliphatic hydroxyl groups excluding tert-OH is 1. The third-order valence-electron chi connectivity index (χ3n) is 2.73. The smallest absolute Gasteiger partial charge is 0.391 e. The molecule has 1 rings (SSSR count). The highest BCUT2D eigenvalue weighted by Crippen LogP contribution is 2.35. The van der Waals surface area contributed by atoms with Crippen LogP contribution in [0.15, 0.2) is 18.2 Å². The summed E-state index contributed by atoms with van der Waals surface area (Å²) in [7, 11) is 0. The zero-order chi connectivity index (χ0) is 14.1. The molecule has 18 heavy (non-hydrogen) atoms. The molecule has 0 saturated heterocycles. The summed E-state index contributed by atoms with van der Waals surface area (Å²) in [5.74, 6) is -1.14. The standard InChI is InChI=1S/C12H15F4NO/c1-6(2)11(18)10(17)8-5-7(13)3-4-9(8)12(14,15)16/h3-6,10-11,18H,17H2,1-2H3/t10-,11+/m1/s1. The van der Waals surface area contributed by atoms with Crippen LogP contribution in [-0.2, 0) is 6.18 Å². The second-order valence-electron chi connectivity index (χ2n) is 4.49. The van der Waals surface area contributed by atoms with Crippen LogP contribution >= 0.6 is 0 Å². The second kappa shape index (κ2) is 5.24. The van der Waals surface area contributed by atoms with Crippen molar-refractivity contribution in [3.63, 3.8) is 0 Å². The molecule has 3 N–H and O–H groups in total. The Balaban J connectivity index is 3.25. The number of nitrogens with two attached hydrogens (primary N) is 1. The Bertz CT molecular complexity index is 417. The number of halogens is 4. The molecule has 0 aliphatic rings. The van der Waals surface area contributed by atoms with Crippen LogP contribution in [0.2, 0.25) is 0 Å². The van der Waals surface area contributed by atoms with Crippen molar-refractivity contribution in [2.75, 3.05) is 0 Å². The lowest BCUT2D eigenvalue weighted by atomic mass is 9.91. The zero-order valence-electron chi connectivity index (χ0n) is 10.0. The van der Waals surface area contributed by atoms with Gasteiger partial charge in [0.05, 0.1) is 17.7 Å². The Morgan fingerprint density at radius 3 is 2.22 bits per heavy atom. The molecule has 1 aromatic rings. The van der Waals surface area contributed by atoms with Gasteiger partial charge in [-0.15, -0.1) is 0 Å². The zero-order valence-corrected chi connectivity index (χ0v) is 10.0. The van der Waals surface area contributed by atoms with E-state index in [-0.39, 0.29) is 5.92 Å². The van der Waals surface area contributed by atoms with Gasteiger partial charge in [-0.3, -0.25) is 0 Å². The number of hydrogen-bond donors (Lipinski definition) is 2. The number of benzene rings is 1. The van der Waals surface area contributed by atoms with Crippen molar-refractivity contribution in [2.24, 2.45) is 11.7 Å². The largest absolute Gasteiger partial charge is 0.416 e. The lowest BCUT2D eigenvalue weighted by Crippen LogP contribution is -2.32. The molecule has 2 atom stereocenters. The van der Waals surface area contributed by atoms with Crippen molar-refractivity contribution in [3.8, 4) is 0 Å². The van der Waals surface area contributed by atoms with Gasteiger partial charge in [-0.25, -0.2) is 4.39 Å². The second-order valence-corrected chi connectivity index (χ2v) is 4.49. The van der Waals surface area contributed by atoms with Crippen LogP contribution in [0.3, 0.4) is 0 Å². The first kappa shape index (κ1) is 14.9. The fraction of sp³-hybridized carbons (Fsp3) is 0.500. The molecule has 0 radical (unpaired) electrons. The van der Waals surface area contributed by atoms with E-state index in [9.17, 15) is 22.7 Å². The summed E-state index contributed by atoms with van der Waals surface area (Å²) in [6.07, 6.45) is -5.80. The van der Waals surface area contributed by atoms with Crippen molar-refractivity contribution < 1.29 is 22.7 Å². The van der Waals surface area contributed by atoms with Gasteiger partial charge in [0.25, 0.3) is 0 Å². The Morgan fingerprint density at radius 1 is 1.22 bits per heavy atom. The lowest BCUT2D eigenvalue weighted by molar-refractivity contribution is -0.138. The van der Waals surface area contributed by atoms with E-state index in [1.807, 2.05) is 0 Å². The Labute approximate surface area is 102 Å². The van der Waals surface area contributed by atoms with Crippen molar-refractivity contribution >= 4 is 0 Å². The van der Waals surface area contributed by atoms with Gasteiger partial charge in [-0.05, 0) is 29.7 Å². The van der Waals surface area contributed by atoms with Gasteiger partial charge in [0.15, 0.2) is 0 Å². The summed E-state index contributed by atoms with van der Waals surface area (Å²) >= 11 is 0. The Kier molecular flexibility index (Phi) is 4.34. The molecule has 1 aromatic carbocycles. The maximum absolute atomic E-state index is 13.1. The summed E-state index contributed by atoms with van der Waals surface area (Å²) < 4.78 is 51.3. The minimum atomic E-state index is -4.63. The van der Waals surface area contributed by atoms with E-state index in [1.165, 1.54) is 0 Å². The summed E-state index contributed by atoms with van der Waals surface area (Å²) in [6.45, 7) is 3.24. The summed E-state index contributed by atoms with van der Waals surface area (Å²) in [5.41, 5.74) is 4.14. The molecular weight excluding hydrogens is 250 g/mol. The van der Waals surface area contributed by atoms with Crippen LogP contribution in [0, 0.1) is 11.7 Å². The molecule has 0 amide bonds. The molecule has 102 valence electrons. The number of hydrogen-bond acceptors (Lipinski definition) is 2. The molecular formula is C12H15F4NO. The topological polar surface area (TPSA) is 46.2 Å². The third-order valence-corrected chi connectivity index (χ3v) is 2.73. The van der Waals surface area contributed by atoms with Crippen LogP contribution in [0.25, 0.3) is 0 Å². The predicted octanol–water partition coefficient (Wildman–Crippen LogP) is 2.86. The highest BCUT2D eigenvalue weighted by molar-refractivity contribution is 5.33. The highest BCUT2D eigenvalue weighted by Gasteiger charge is 2.36. The third kappa shape index (κ3) is 3.20. The van der Waals surface area contributed by atoms with Crippen LogP contribution < -0.4 is 5.73 Å². The van der Waals surface area contributed by atoms with Crippen molar-refractivity contribution in [1.29, 1.82) is 0 Å². The highest BCUT2D eigenvalue weighted by atomic mass is 19.4. The van der Waals surface area contributed by atoms with Gasteiger partial charge in [0, 0.05) is 0 Å². The van der Waals surface area contributed by atoms with Gasteiger partial charge in [-0.2, -0.15) is 13.2 Å². The maximum atomic E-state index is 13.1. The predicted molar refractivity (Wildman–Crippen MR) is 59.2 cm³/mol. The van der Waals surface area contributed by atoms with Crippen LogP contribution in [0.1, 0.15) is 31.0 Å². The fourth-order valence-corrected chi connectivity index (χ4v) is 1.67. The Morgan fingerprint density at radius 2 is 1.78 bits per heavy atom. The quantitative estimate of drug-likeness (QED) is 0.825. The first-order valence-corrected chi connectivity index (χ1v) is 5.45. The van der Waals surface area contributed by atoms with Gasteiger partial charge in [-0.1, -0.05) is 13.8 Å². The SMILES string of the molecule is CC(C)[C@H](O)[C@H](N)c1cc(F)ccc1C(F)(F)F. The first-order chi connectivity index (χ1) is 8.14. The van der Waals surface area contributed by atoms with E-state index < -0.39 is 35.3 Å². The van der Waals surface area contributed by atoms with Crippen molar-refractivity contribution in [1.82, 2.24) is 0 Å². The first-order valence-electron chi connectivity index (χ1n) is 5.45. The van der Waals surface area contributed by atoms with Gasteiger partial charge in [0.2, 0.25) is 0 Å². The minimum absolute atomic E-state index is 0.329. The fourth-order valence-electron chi connectivity index (χ4n) is 1.67. The molecule has 0 aliphatic heterocycles.